The fourth-order valence-electron chi connectivity index (χ4n) is 1.45. The van der Waals surface area contributed by atoms with Crippen molar-refractivity contribution >= 4 is 15.9 Å². The van der Waals surface area contributed by atoms with Crippen molar-refractivity contribution in [3.05, 3.63) is 24.2 Å². The molecule has 1 aromatic heterocycles. The Labute approximate surface area is 113 Å². The van der Waals surface area contributed by atoms with Crippen LogP contribution >= 0.6 is 0 Å². The highest BCUT2D eigenvalue weighted by Gasteiger charge is 2.21. The summed E-state index contributed by atoms with van der Waals surface area (Å²) >= 11 is 0. The third-order valence-electron chi connectivity index (χ3n) is 2.72. The molecule has 1 atom stereocenters. The van der Waals surface area contributed by atoms with E-state index in [1.54, 1.807) is 12.1 Å². The van der Waals surface area contributed by atoms with Crippen LogP contribution < -0.4 is 5.32 Å². The number of sulfonamides is 1. The van der Waals surface area contributed by atoms with Crippen LogP contribution in [0.25, 0.3) is 0 Å². The van der Waals surface area contributed by atoms with Gasteiger partial charge in [-0.05, 0) is 25.5 Å². The maximum atomic E-state index is 11.8. The Hall–Kier alpha value is -1.34. The predicted molar refractivity (Wildman–Crippen MR) is 71.9 cm³/mol. The van der Waals surface area contributed by atoms with E-state index in [0.717, 1.165) is 17.0 Å². The summed E-state index contributed by atoms with van der Waals surface area (Å²) in [5.74, 6) is 0.188. The molecular weight excluding hydrogens is 268 g/mol. The van der Waals surface area contributed by atoms with Crippen molar-refractivity contribution in [1.82, 2.24) is 9.62 Å². The van der Waals surface area contributed by atoms with E-state index >= 15 is 0 Å². The number of hydrogen-bond donors (Lipinski definition) is 1. The molecule has 0 aliphatic rings. The molecule has 19 heavy (non-hydrogen) atoms. The molecule has 7 heteroatoms. The van der Waals surface area contributed by atoms with E-state index in [1.807, 2.05) is 13.8 Å². The van der Waals surface area contributed by atoms with Gasteiger partial charge in [-0.25, -0.2) is 8.42 Å². The molecule has 1 rings (SSSR count). The van der Waals surface area contributed by atoms with Gasteiger partial charge in [-0.3, -0.25) is 4.79 Å². The molecule has 1 aromatic rings. The molecule has 1 unspecified atom stereocenters. The van der Waals surface area contributed by atoms with Crippen LogP contribution in [0.5, 0.6) is 0 Å². The lowest BCUT2D eigenvalue weighted by Crippen LogP contribution is -2.42. The van der Waals surface area contributed by atoms with Gasteiger partial charge in [0.1, 0.15) is 5.76 Å². The van der Waals surface area contributed by atoms with Crippen molar-refractivity contribution in [1.29, 1.82) is 0 Å². The summed E-state index contributed by atoms with van der Waals surface area (Å²) in [5, 5.41) is 2.74. The predicted octanol–water partition coefficient (Wildman–Crippen LogP) is 0.956. The van der Waals surface area contributed by atoms with Gasteiger partial charge in [-0.15, -0.1) is 0 Å². The van der Waals surface area contributed by atoms with Gasteiger partial charge in [0, 0.05) is 6.04 Å². The van der Waals surface area contributed by atoms with E-state index in [4.69, 9.17) is 4.42 Å². The molecule has 0 spiro atoms. The number of nitrogens with zero attached hydrogens (tertiary/aromatic N) is 1. The Morgan fingerprint density at radius 3 is 2.68 bits per heavy atom. The summed E-state index contributed by atoms with van der Waals surface area (Å²) in [5.41, 5.74) is 0. The molecular formula is C12H20N2O4S. The van der Waals surface area contributed by atoms with Crippen LogP contribution in [0.4, 0.5) is 0 Å². The molecule has 6 nitrogen and oxygen atoms in total. The summed E-state index contributed by atoms with van der Waals surface area (Å²) in [6, 6.07) is 3.37. The number of furan rings is 1. The average molecular weight is 288 g/mol. The zero-order chi connectivity index (χ0) is 14.5. The molecule has 1 heterocycles. The van der Waals surface area contributed by atoms with Crippen molar-refractivity contribution in [3.63, 3.8) is 0 Å². The minimum Gasteiger partial charge on any atom is -0.468 e. The number of carbonyl (C=O) groups excluding carboxylic acids is 1. The van der Waals surface area contributed by atoms with Crippen molar-refractivity contribution in [3.8, 4) is 0 Å². The van der Waals surface area contributed by atoms with E-state index in [1.165, 1.54) is 6.26 Å². The van der Waals surface area contributed by atoms with Gasteiger partial charge in [0.25, 0.3) is 0 Å². The maximum Gasteiger partial charge on any atom is 0.235 e. The first-order valence-electron chi connectivity index (χ1n) is 6.09. The largest absolute Gasteiger partial charge is 0.468 e. The minimum atomic E-state index is -3.47. The van der Waals surface area contributed by atoms with E-state index in [0.29, 0.717) is 5.76 Å². The summed E-state index contributed by atoms with van der Waals surface area (Å²) in [4.78, 5) is 11.8. The monoisotopic (exact) mass is 288 g/mol. The molecule has 108 valence electrons. The quantitative estimate of drug-likeness (QED) is 0.810. The zero-order valence-corrected chi connectivity index (χ0v) is 12.2. The smallest absolute Gasteiger partial charge is 0.235 e. The number of hydrogen-bond acceptors (Lipinski definition) is 4. The van der Waals surface area contributed by atoms with E-state index in [2.05, 4.69) is 5.32 Å². The van der Waals surface area contributed by atoms with Crippen LogP contribution in [0.3, 0.4) is 0 Å². The van der Waals surface area contributed by atoms with Crippen molar-refractivity contribution in [2.45, 2.75) is 32.9 Å². The molecule has 0 aliphatic carbocycles. The molecule has 0 aromatic carbocycles. The highest BCUT2D eigenvalue weighted by molar-refractivity contribution is 7.88. The third kappa shape index (κ3) is 5.44. The number of carbonyl (C=O) groups is 1. The molecule has 0 aliphatic heterocycles. The lowest BCUT2D eigenvalue weighted by molar-refractivity contribution is -0.122. The van der Waals surface area contributed by atoms with E-state index in [9.17, 15) is 13.2 Å². The number of amides is 1. The standard InChI is InChI=1S/C12H20N2O4S/c1-4-10(2)13-12(15)9-14(19(3,16)17)8-11-6-5-7-18-11/h5-7,10H,4,8-9H2,1-3H3,(H,13,15). The molecule has 0 fully saturated rings. The van der Waals surface area contributed by atoms with Gasteiger partial charge in [0.15, 0.2) is 0 Å². The average Bonchev–Trinajstić information content (AvgIpc) is 2.79. The lowest BCUT2D eigenvalue weighted by atomic mass is 10.2. The van der Waals surface area contributed by atoms with Crippen molar-refractivity contribution in [2.75, 3.05) is 12.8 Å². The number of rotatable bonds is 7. The highest BCUT2D eigenvalue weighted by atomic mass is 32.2. The van der Waals surface area contributed by atoms with Gasteiger partial charge >= 0.3 is 0 Å². The van der Waals surface area contributed by atoms with Gasteiger partial charge < -0.3 is 9.73 Å². The molecule has 0 radical (unpaired) electrons. The molecule has 1 amide bonds. The van der Waals surface area contributed by atoms with Crippen LogP contribution in [0, 0.1) is 0 Å². The highest BCUT2D eigenvalue weighted by Crippen LogP contribution is 2.08. The first kappa shape index (κ1) is 15.7. The van der Waals surface area contributed by atoms with Crippen LogP contribution in [0.15, 0.2) is 22.8 Å². The Balaban J connectivity index is 2.68. The van der Waals surface area contributed by atoms with Gasteiger partial charge in [0.05, 0.1) is 25.6 Å². The normalized spacial score (nSPS) is 13.5. The number of nitrogens with one attached hydrogen (secondary N) is 1. The minimum absolute atomic E-state index is 0.0255. The van der Waals surface area contributed by atoms with Gasteiger partial charge in [0.2, 0.25) is 15.9 Å². The van der Waals surface area contributed by atoms with Crippen LogP contribution in [0.1, 0.15) is 26.0 Å². The fourth-order valence-corrected chi connectivity index (χ4v) is 2.16. The maximum absolute atomic E-state index is 11.8. The Bertz CT molecular complexity index is 496. The van der Waals surface area contributed by atoms with E-state index < -0.39 is 10.0 Å². The lowest BCUT2D eigenvalue weighted by Gasteiger charge is -2.19. The first-order chi connectivity index (χ1) is 8.82. The van der Waals surface area contributed by atoms with E-state index in [-0.39, 0.29) is 25.0 Å². The van der Waals surface area contributed by atoms with Crippen molar-refractivity contribution in [2.24, 2.45) is 0 Å². The second-order valence-corrected chi connectivity index (χ2v) is 6.47. The summed E-state index contributed by atoms with van der Waals surface area (Å²) < 4.78 is 29.5. The molecule has 0 saturated heterocycles. The van der Waals surface area contributed by atoms with Gasteiger partial charge in [-0.1, -0.05) is 6.92 Å². The topological polar surface area (TPSA) is 79.6 Å². The van der Waals surface area contributed by atoms with Crippen LogP contribution in [-0.2, 0) is 21.4 Å². The zero-order valence-electron chi connectivity index (χ0n) is 11.4. The second kappa shape index (κ2) is 6.72. The Kier molecular flexibility index (Phi) is 5.56. The first-order valence-corrected chi connectivity index (χ1v) is 7.94. The van der Waals surface area contributed by atoms with Crippen LogP contribution in [0.2, 0.25) is 0 Å². The summed E-state index contributed by atoms with van der Waals surface area (Å²) in [6.07, 6.45) is 3.34. The fraction of sp³-hybridized carbons (Fsp3) is 0.583. The van der Waals surface area contributed by atoms with Crippen molar-refractivity contribution < 1.29 is 17.6 Å². The molecule has 0 bridgehead atoms. The third-order valence-corrected chi connectivity index (χ3v) is 3.92. The summed E-state index contributed by atoms with van der Waals surface area (Å²) in [6.45, 7) is 3.67. The SMILES string of the molecule is CCC(C)NC(=O)CN(Cc1ccco1)S(C)(=O)=O. The molecule has 1 N–H and O–H groups in total. The summed E-state index contributed by atoms with van der Waals surface area (Å²) in [7, 11) is -3.47. The second-order valence-electron chi connectivity index (χ2n) is 4.49. The Morgan fingerprint density at radius 1 is 1.53 bits per heavy atom. The molecule has 0 saturated carbocycles. The Morgan fingerprint density at radius 2 is 2.21 bits per heavy atom. The van der Waals surface area contributed by atoms with Gasteiger partial charge in [-0.2, -0.15) is 4.31 Å². The van der Waals surface area contributed by atoms with Crippen LogP contribution in [-0.4, -0.2) is 37.5 Å².